The average molecular weight is 179 g/mol. The molecule has 0 aromatic heterocycles. The van der Waals surface area contributed by atoms with Gasteiger partial charge in [-0.05, 0) is 43.4 Å². The molecule has 1 radical (unpaired) electrons. The van der Waals surface area contributed by atoms with E-state index in [9.17, 15) is 0 Å². The molecule has 2 fully saturated rings. The highest BCUT2D eigenvalue weighted by Gasteiger charge is 2.29. The highest BCUT2D eigenvalue weighted by Crippen LogP contribution is 2.41. The van der Waals surface area contributed by atoms with E-state index < -0.39 is 0 Å². The molecule has 75 valence electrons. The fourth-order valence-electron chi connectivity index (χ4n) is 3.27. The van der Waals surface area contributed by atoms with Crippen LogP contribution >= 0.6 is 0 Å². The lowest BCUT2D eigenvalue weighted by molar-refractivity contribution is 0.325. The molecule has 2 aliphatic rings. The van der Waals surface area contributed by atoms with E-state index in [0.717, 1.165) is 11.8 Å². The van der Waals surface area contributed by atoms with Gasteiger partial charge in [0.2, 0.25) is 0 Å². The third kappa shape index (κ3) is 2.27. The third-order valence-corrected chi connectivity index (χ3v) is 4.25. The second-order valence-corrected chi connectivity index (χ2v) is 5.06. The topological polar surface area (TPSA) is 0 Å². The van der Waals surface area contributed by atoms with Gasteiger partial charge >= 0.3 is 0 Å². The first-order valence-corrected chi connectivity index (χ1v) is 6.21. The molecule has 0 aromatic carbocycles. The Morgan fingerprint density at radius 1 is 0.692 bits per heavy atom. The van der Waals surface area contributed by atoms with Crippen LogP contribution in [0.1, 0.15) is 64.7 Å². The van der Waals surface area contributed by atoms with E-state index in [4.69, 9.17) is 0 Å². The minimum Gasteiger partial charge on any atom is -0.0586 e. The summed E-state index contributed by atoms with van der Waals surface area (Å²) in [5.41, 5.74) is 0. The molecule has 0 N–H and O–H groups in total. The van der Waals surface area contributed by atoms with Crippen molar-refractivity contribution in [3.8, 4) is 0 Å². The molecule has 0 nitrogen and oxygen atoms in total. The first kappa shape index (κ1) is 9.55. The largest absolute Gasteiger partial charge is 0.0586 e. The molecular weight excluding hydrogens is 156 g/mol. The van der Waals surface area contributed by atoms with Gasteiger partial charge in [0.1, 0.15) is 0 Å². The molecule has 0 heterocycles. The molecule has 0 heteroatoms. The van der Waals surface area contributed by atoms with Crippen LogP contribution in [-0.4, -0.2) is 0 Å². The number of hydrogen-bond donors (Lipinski definition) is 0. The monoisotopic (exact) mass is 179 g/mol. The summed E-state index contributed by atoms with van der Waals surface area (Å²) in [4.78, 5) is 0. The molecular formula is C13H23. The number of hydrogen-bond acceptors (Lipinski definition) is 0. The Balaban J connectivity index is 1.83. The maximum absolute atomic E-state index is 2.45. The second-order valence-electron chi connectivity index (χ2n) is 5.06. The van der Waals surface area contributed by atoms with Gasteiger partial charge in [-0.1, -0.05) is 39.0 Å². The standard InChI is InChI=1S/C13H23/c1-11(13-9-5-6-10-13)12-7-3-2-4-8-12/h12-13H,2-10H2,1H3. The molecule has 0 bridgehead atoms. The van der Waals surface area contributed by atoms with Crippen LogP contribution in [0.4, 0.5) is 0 Å². The van der Waals surface area contributed by atoms with Gasteiger partial charge in [-0.3, -0.25) is 0 Å². The fourth-order valence-corrected chi connectivity index (χ4v) is 3.27. The zero-order valence-electron chi connectivity index (χ0n) is 9.02. The summed E-state index contributed by atoms with van der Waals surface area (Å²) in [5.74, 6) is 3.90. The summed E-state index contributed by atoms with van der Waals surface area (Å²) in [7, 11) is 0. The van der Waals surface area contributed by atoms with Crippen molar-refractivity contribution in [3.63, 3.8) is 0 Å². The van der Waals surface area contributed by atoms with Gasteiger partial charge in [-0.2, -0.15) is 0 Å². The molecule has 0 aromatic rings. The average Bonchev–Trinajstić information content (AvgIpc) is 2.71. The lowest BCUT2D eigenvalue weighted by atomic mass is 9.74. The Labute approximate surface area is 83.1 Å². The van der Waals surface area contributed by atoms with E-state index in [1.165, 1.54) is 57.8 Å². The van der Waals surface area contributed by atoms with E-state index >= 15 is 0 Å². The summed E-state index contributed by atoms with van der Waals surface area (Å²) < 4.78 is 0. The molecule has 13 heavy (non-hydrogen) atoms. The zero-order valence-corrected chi connectivity index (χ0v) is 9.02. The number of rotatable bonds is 2. The van der Waals surface area contributed by atoms with Crippen LogP contribution in [0.5, 0.6) is 0 Å². The van der Waals surface area contributed by atoms with E-state index in [2.05, 4.69) is 6.92 Å². The van der Waals surface area contributed by atoms with Crippen molar-refractivity contribution < 1.29 is 0 Å². The second kappa shape index (κ2) is 4.48. The summed E-state index contributed by atoms with van der Waals surface area (Å²) in [6.45, 7) is 2.45. The quantitative estimate of drug-likeness (QED) is 0.591. The molecule has 0 unspecified atom stereocenters. The molecule has 2 aliphatic carbocycles. The van der Waals surface area contributed by atoms with Gasteiger partial charge < -0.3 is 0 Å². The van der Waals surface area contributed by atoms with Gasteiger partial charge in [-0.15, -0.1) is 0 Å². The molecule has 0 aliphatic heterocycles. The molecule has 0 atom stereocenters. The Kier molecular flexibility index (Phi) is 3.29. The minimum absolute atomic E-state index is 1.01. The van der Waals surface area contributed by atoms with E-state index in [1.807, 2.05) is 5.92 Å². The van der Waals surface area contributed by atoms with Crippen molar-refractivity contribution in [1.29, 1.82) is 0 Å². The maximum Gasteiger partial charge on any atom is -0.0210 e. The Morgan fingerprint density at radius 3 is 1.54 bits per heavy atom. The Morgan fingerprint density at radius 2 is 1.08 bits per heavy atom. The van der Waals surface area contributed by atoms with Gasteiger partial charge in [0.15, 0.2) is 0 Å². The smallest absolute Gasteiger partial charge is 0.0210 e. The Bertz CT molecular complexity index is 138. The third-order valence-electron chi connectivity index (χ3n) is 4.25. The van der Waals surface area contributed by atoms with E-state index in [0.29, 0.717) is 0 Å². The van der Waals surface area contributed by atoms with Crippen LogP contribution < -0.4 is 0 Å². The highest BCUT2D eigenvalue weighted by molar-refractivity contribution is 5.00. The van der Waals surface area contributed by atoms with Crippen molar-refractivity contribution in [2.24, 2.45) is 11.8 Å². The minimum atomic E-state index is 1.01. The van der Waals surface area contributed by atoms with Crippen LogP contribution in [0.2, 0.25) is 0 Å². The maximum atomic E-state index is 2.45. The molecule has 2 rings (SSSR count). The van der Waals surface area contributed by atoms with Crippen LogP contribution in [0.3, 0.4) is 0 Å². The van der Waals surface area contributed by atoms with Crippen LogP contribution in [0.15, 0.2) is 0 Å². The molecule has 0 saturated heterocycles. The van der Waals surface area contributed by atoms with Crippen molar-refractivity contribution in [1.82, 2.24) is 0 Å². The van der Waals surface area contributed by atoms with Gasteiger partial charge in [-0.25, -0.2) is 0 Å². The summed E-state index contributed by atoms with van der Waals surface area (Å²) in [6.07, 6.45) is 13.5. The van der Waals surface area contributed by atoms with Crippen LogP contribution in [0.25, 0.3) is 0 Å². The Hall–Kier alpha value is 0. The first-order chi connectivity index (χ1) is 6.38. The summed E-state index contributed by atoms with van der Waals surface area (Å²) >= 11 is 0. The fraction of sp³-hybridized carbons (Fsp3) is 0.923. The van der Waals surface area contributed by atoms with Gasteiger partial charge in [0.25, 0.3) is 0 Å². The highest BCUT2D eigenvalue weighted by atomic mass is 14.3. The van der Waals surface area contributed by atoms with Crippen molar-refractivity contribution in [2.45, 2.75) is 64.7 Å². The lowest BCUT2D eigenvalue weighted by Gasteiger charge is -2.31. The van der Waals surface area contributed by atoms with Gasteiger partial charge in [0.05, 0.1) is 0 Å². The molecule has 2 saturated carbocycles. The lowest BCUT2D eigenvalue weighted by Crippen LogP contribution is -2.19. The van der Waals surface area contributed by atoms with Crippen LogP contribution in [0, 0.1) is 17.8 Å². The van der Waals surface area contributed by atoms with Crippen LogP contribution in [-0.2, 0) is 0 Å². The first-order valence-electron chi connectivity index (χ1n) is 6.21. The summed E-state index contributed by atoms with van der Waals surface area (Å²) in [6, 6.07) is 0. The zero-order chi connectivity index (χ0) is 9.10. The molecule has 0 spiro atoms. The van der Waals surface area contributed by atoms with Crippen molar-refractivity contribution >= 4 is 0 Å². The predicted molar refractivity (Wildman–Crippen MR) is 57.5 cm³/mol. The van der Waals surface area contributed by atoms with Crippen molar-refractivity contribution in [2.75, 3.05) is 0 Å². The normalized spacial score (nSPS) is 27.2. The van der Waals surface area contributed by atoms with E-state index in [1.54, 1.807) is 0 Å². The van der Waals surface area contributed by atoms with E-state index in [-0.39, 0.29) is 0 Å². The predicted octanol–water partition coefficient (Wildman–Crippen LogP) is 4.35. The SMILES string of the molecule is C[C](C1CCCCC1)C1CCCC1. The van der Waals surface area contributed by atoms with Crippen molar-refractivity contribution in [3.05, 3.63) is 5.92 Å². The molecule has 0 amide bonds. The van der Waals surface area contributed by atoms with Gasteiger partial charge in [0, 0.05) is 0 Å². The summed E-state index contributed by atoms with van der Waals surface area (Å²) in [5, 5.41) is 0.